The summed E-state index contributed by atoms with van der Waals surface area (Å²) in [7, 11) is 1.71. The van der Waals surface area contributed by atoms with Crippen LogP contribution in [0.3, 0.4) is 0 Å². The highest BCUT2D eigenvalue weighted by atomic mass is 32.2. The summed E-state index contributed by atoms with van der Waals surface area (Å²) in [5.41, 5.74) is 0.601. The largest absolute Gasteiger partial charge is 0.298 e. The summed E-state index contributed by atoms with van der Waals surface area (Å²) in [4.78, 5) is 30.9. The highest BCUT2D eigenvalue weighted by Crippen LogP contribution is 2.28. The van der Waals surface area contributed by atoms with Gasteiger partial charge in [-0.05, 0) is 19.4 Å². The van der Waals surface area contributed by atoms with Gasteiger partial charge in [0.25, 0.3) is 5.56 Å². The Kier molecular flexibility index (Phi) is 4.31. The summed E-state index contributed by atoms with van der Waals surface area (Å²) in [5, 5.41) is 1.30. The van der Waals surface area contributed by atoms with E-state index in [0.717, 1.165) is 15.3 Å². The standard InChI is InChI=1S/C15H20N2O2S2/c1-8-9(2)21-12-11(8)13(19)17(6)14(16-12)20-7-10(18)15(3,4)5/h7H2,1-6H3. The first-order valence-corrected chi connectivity index (χ1v) is 8.56. The van der Waals surface area contributed by atoms with Gasteiger partial charge in [0.05, 0.1) is 11.1 Å². The van der Waals surface area contributed by atoms with Crippen LogP contribution in [0.2, 0.25) is 0 Å². The number of carbonyl (C=O) groups excluding carboxylic acids is 1. The van der Waals surface area contributed by atoms with Crippen LogP contribution in [0.15, 0.2) is 9.95 Å². The van der Waals surface area contributed by atoms with Crippen molar-refractivity contribution in [2.75, 3.05) is 5.75 Å². The molecule has 4 nitrogen and oxygen atoms in total. The van der Waals surface area contributed by atoms with Crippen molar-refractivity contribution in [3.63, 3.8) is 0 Å². The zero-order valence-electron chi connectivity index (χ0n) is 13.2. The molecule has 6 heteroatoms. The van der Waals surface area contributed by atoms with Gasteiger partial charge in [-0.1, -0.05) is 32.5 Å². The van der Waals surface area contributed by atoms with Gasteiger partial charge in [0.1, 0.15) is 10.6 Å². The normalized spacial score (nSPS) is 12.1. The summed E-state index contributed by atoms with van der Waals surface area (Å²) >= 11 is 2.87. The zero-order valence-corrected chi connectivity index (χ0v) is 14.9. The van der Waals surface area contributed by atoms with E-state index >= 15 is 0 Å². The quantitative estimate of drug-likeness (QED) is 0.642. The summed E-state index contributed by atoms with van der Waals surface area (Å²) in [5.74, 6) is 0.485. The summed E-state index contributed by atoms with van der Waals surface area (Å²) in [6.45, 7) is 9.65. The Balaban J connectivity index is 2.40. The number of hydrogen-bond donors (Lipinski definition) is 0. The summed E-state index contributed by atoms with van der Waals surface area (Å²) in [6, 6.07) is 0. The van der Waals surface area contributed by atoms with Crippen molar-refractivity contribution in [2.45, 2.75) is 39.8 Å². The molecule has 0 saturated carbocycles. The van der Waals surface area contributed by atoms with Gasteiger partial charge in [-0.3, -0.25) is 14.2 Å². The third-order valence-corrected chi connectivity index (χ3v) is 5.67. The summed E-state index contributed by atoms with van der Waals surface area (Å²) in [6.07, 6.45) is 0. The molecule has 0 radical (unpaired) electrons. The second-order valence-corrected chi connectivity index (χ2v) is 8.33. The molecule has 0 aromatic carbocycles. The molecular formula is C15H20N2O2S2. The van der Waals surface area contributed by atoms with Gasteiger partial charge in [-0.15, -0.1) is 11.3 Å². The van der Waals surface area contributed by atoms with Crippen molar-refractivity contribution in [3.8, 4) is 0 Å². The lowest BCUT2D eigenvalue weighted by atomic mass is 9.92. The minimum atomic E-state index is -0.369. The fourth-order valence-electron chi connectivity index (χ4n) is 1.83. The second kappa shape index (κ2) is 5.57. The molecule has 2 aromatic rings. The Morgan fingerprint density at radius 2 is 1.95 bits per heavy atom. The lowest BCUT2D eigenvalue weighted by Gasteiger charge is -2.16. The van der Waals surface area contributed by atoms with Gasteiger partial charge in [0.2, 0.25) is 0 Å². The zero-order chi connectivity index (χ0) is 15.9. The van der Waals surface area contributed by atoms with Gasteiger partial charge in [-0.2, -0.15) is 0 Å². The Morgan fingerprint density at radius 1 is 1.33 bits per heavy atom. The highest BCUT2D eigenvalue weighted by Gasteiger charge is 2.22. The third-order valence-electron chi connectivity index (χ3n) is 3.54. The first-order chi connectivity index (χ1) is 9.62. The van der Waals surface area contributed by atoms with Crippen molar-refractivity contribution in [1.82, 2.24) is 9.55 Å². The van der Waals surface area contributed by atoms with Crippen LogP contribution in [0.4, 0.5) is 0 Å². The van der Waals surface area contributed by atoms with Crippen LogP contribution < -0.4 is 5.56 Å². The predicted octanol–water partition coefficient (Wildman–Crippen LogP) is 3.32. The third kappa shape index (κ3) is 3.06. The van der Waals surface area contributed by atoms with Crippen LogP contribution in [0, 0.1) is 19.3 Å². The lowest BCUT2D eigenvalue weighted by molar-refractivity contribution is -0.123. The molecule has 0 fully saturated rings. The maximum Gasteiger partial charge on any atom is 0.262 e. The summed E-state index contributed by atoms with van der Waals surface area (Å²) < 4.78 is 1.54. The SMILES string of the molecule is Cc1sc2nc(SCC(=O)C(C)(C)C)n(C)c(=O)c2c1C. The minimum Gasteiger partial charge on any atom is -0.298 e. The van der Waals surface area contributed by atoms with Crippen LogP contribution in [-0.2, 0) is 11.8 Å². The van der Waals surface area contributed by atoms with Crippen LogP contribution in [-0.4, -0.2) is 21.1 Å². The fourth-order valence-corrected chi connectivity index (χ4v) is 4.03. The van der Waals surface area contributed by atoms with Gasteiger partial charge in [-0.25, -0.2) is 4.98 Å². The van der Waals surface area contributed by atoms with E-state index < -0.39 is 0 Å². The van der Waals surface area contributed by atoms with Crippen LogP contribution >= 0.6 is 23.1 Å². The Hall–Kier alpha value is -1.14. The molecule has 2 aromatic heterocycles. The molecule has 2 rings (SSSR count). The van der Waals surface area contributed by atoms with Crippen molar-refractivity contribution < 1.29 is 4.79 Å². The maximum absolute atomic E-state index is 12.5. The molecule has 0 aliphatic rings. The molecule has 0 bridgehead atoms. The van der Waals surface area contributed by atoms with Crippen LogP contribution in [0.1, 0.15) is 31.2 Å². The van der Waals surface area contributed by atoms with E-state index in [1.807, 2.05) is 34.6 Å². The van der Waals surface area contributed by atoms with Crippen LogP contribution in [0.25, 0.3) is 10.2 Å². The monoisotopic (exact) mass is 324 g/mol. The van der Waals surface area contributed by atoms with E-state index in [2.05, 4.69) is 4.98 Å². The first-order valence-electron chi connectivity index (χ1n) is 6.75. The number of aryl methyl sites for hydroxylation is 2. The number of aromatic nitrogens is 2. The van der Waals surface area contributed by atoms with Crippen molar-refractivity contribution >= 4 is 39.1 Å². The molecule has 2 heterocycles. The molecule has 0 saturated heterocycles. The second-order valence-electron chi connectivity index (χ2n) is 6.18. The fraction of sp³-hybridized carbons (Fsp3) is 0.533. The molecule has 0 spiro atoms. The van der Waals surface area contributed by atoms with Gasteiger partial charge in [0.15, 0.2) is 5.16 Å². The molecular weight excluding hydrogens is 304 g/mol. The number of thiophene rings is 1. The average molecular weight is 324 g/mol. The number of rotatable bonds is 3. The van der Waals surface area contributed by atoms with Gasteiger partial charge < -0.3 is 0 Å². The first kappa shape index (κ1) is 16.2. The van der Waals surface area contributed by atoms with E-state index in [0.29, 0.717) is 16.3 Å². The molecule has 0 atom stereocenters. The number of thioether (sulfide) groups is 1. The number of Topliss-reactive ketones (excluding diaryl/α,β-unsaturated/α-hetero) is 1. The molecule has 0 aliphatic heterocycles. The van der Waals surface area contributed by atoms with E-state index in [-0.39, 0.29) is 16.8 Å². The van der Waals surface area contributed by atoms with E-state index in [1.54, 1.807) is 11.6 Å². The molecule has 114 valence electrons. The number of ketones is 1. The Labute approximate surface area is 132 Å². The smallest absolute Gasteiger partial charge is 0.262 e. The lowest BCUT2D eigenvalue weighted by Crippen LogP contribution is -2.24. The number of fused-ring (bicyclic) bond motifs is 1. The van der Waals surface area contributed by atoms with Crippen LogP contribution in [0.5, 0.6) is 0 Å². The topological polar surface area (TPSA) is 52.0 Å². The number of carbonyl (C=O) groups is 1. The average Bonchev–Trinajstić information content (AvgIpc) is 2.66. The van der Waals surface area contributed by atoms with Gasteiger partial charge >= 0.3 is 0 Å². The molecule has 0 amide bonds. The maximum atomic E-state index is 12.5. The molecule has 0 N–H and O–H groups in total. The van der Waals surface area contributed by atoms with E-state index in [9.17, 15) is 9.59 Å². The Morgan fingerprint density at radius 3 is 2.52 bits per heavy atom. The van der Waals surface area contributed by atoms with Gasteiger partial charge in [0, 0.05) is 17.3 Å². The number of nitrogens with zero attached hydrogens (tertiary/aromatic N) is 2. The molecule has 21 heavy (non-hydrogen) atoms. The number of hydrogen-bond acceptors (Lipinski definition) is 5. The predicted molar refractivity (Wildman–Crippen MR) is 89.5 cm³/mol. The highest BCUT2D eigenvalue weighted by molar-refractivity contribution is 7.99. The molecule has 0 aliphatic carbocycles. The van der Waals surface area contributed by atoms with Crippen molar-refractivity contribution in [3.05, 3.63) is 20.8 Å². The Bertz CT molecular complexity index is 767. The molecule has 0 unspecified atom stereocenters. The van der Waals surface area contributed by atoms with Crippen molar-refractivity contribution in [2.24, 2.45) is 12.5 Å². The van der Waals surface area contributed by atoms with E-state index in [4.69, 9.17) is 0 Å². The van der Waals surface area contributed by atoms with E-state index in [1.165, 1.54) is 23.1 Å². The van der Waals surface area contributed by atoms with Crippen molar-refractivity contribution in [1.29, 1.82) is 0 Å². The minimum absolute atomic E-state index is 0.0347.